The van der Waals surface area contributed by atoms with E-state index < -0.39 is 0 Å². The minimum Gasteiger partial charge on any atom is -0.274 e. The third kappa shape index (κ3) is 2.30. The number of benzene rings is 1. The molecule has 118 valence electrons. The summed E-state index contributed by atoms with van der Waals surface area (Å²) in [7, 11) is 0. The maximum atomic E-state index is 12.7. The first-order valence-electron chi connectivity index (χ1n) is 8.07. The normalized spacial score (nSPS) is 24.1. The molecule has 23 heavy (non-hydrogen) atoms. The summed E-state index contributed by atoms with van der Waals surface area (Å²) in [5.74, 6) is -0.345. The van der Waals surface area contributed by atoms with Gasteiger partial charge in [0.05, 0.1) is 17.5 Å². The van der Waals surface area contributed by atoms with Gasteiger partial charge in [-0.15, -0.1) is 11.3 Å². The lowest BCUT2D eigenvalue weighted by Gasteiger charge is -2.19. The number of carbonyl (C=O) groups is 2. The van der Waals surface area contributed by atoms with E-state index in [0.29, 0.717) is 5.13 Å². The second-order valence-electron chi connectivity index (χ2n) is 6.28. The van der Waals surface area contributed by atoms with Crippen LogP contribution in [0, 0.1) is 18.8 Å². The Bertz CT molecular complexity index is 745. The lowest BCUT2D eigenvalue weighted by Crippen LogP contribution is -2.30. The lowest BCUT2D eigenvalue weighted by molar-refractivity contribution is -0.122. The van der Waals surface area contributed by atoms with E-state index in [-0.39, 0.29) is 23.7 Å². The molecule has 2 amide bonds. The monoisotopic (exact) mass is 326 g/mol. The number of rotatable bonds is 2. The molecule has 2 heterocycles. The van der Waals surface area contributed by atoms with Gasteiger partial charge < -0.3 is 0 Å². The quantitative estimate of drug-likeness (QED) is 0.789. The molecule has 4 nitrogen and oxygen atoms in total. The van der Waals surface area contributed by atoms with E-state index in [1.54, 1.807) is 0 Å². The first-order chi connectivity index (χ1) is 11.2. The number of anilines is 1. The molecular weight excluding hydrogens is 308 g/mol. The zero-order valence-electron chi connectivity index (χ0n) is 13.0. The molecule has 1 saturated heterocycles. The molecular formula is C18H18N2O2S. The number of nitrogens with zero attached hydrogens (tertiary/aromatic N) is 2. The molecule has 1 aromatic carbocycles. The average molecular weight is 326 g/mol. The van der Waals surface area contributed by atoms with Gasteiger partial charge in [-0.3, -0.25) is 9.59 Å². The third-order valence-corrected chi connectivity index (χ3v) is 5.82. The van der Waals surface area contributed by atoms with Crippen LogP contribution < -0.4 is 4.90 Å². The van der Waals surface area contributed by atoms with Crippen molar-refractivity contribution in [2.24, 2.45) is 11.8 Å². The van der Waals surface area contributed by atoms with Crippen LogP contribution in [0.5, 0.6) is 0 Å². The highest BCUT2D eigenvalue weighted by Gasteiger charge is 2.49. The van der Waals surface area contributed by atoms with Crippen LogP contribution in [0.1, 0.15) is 30.6 Å². The Balaban J connectivity index is 1.71. The van der Waals surface area contributed by atoms with Crippen molar-refractivity contribution in [3.8, 4) is 11.3 Å². The number of imide groups is 1. The number of amides is 2. The van der Waals surface area contributed by atoms with E-state index in [2.05, 4.69) is 4.98 Å². The van der Waals surface area contributed by atoms with Gasteiger partial charge in [-0.25, -0.2) is 9.88 Å². The molecule has 5 heteroatoms. The van der Waals surface area contributed by atoms with E-state index in [9.17, 15) is 9.59 Å². The van der Waals surface area contributed by atoms with Crippen LogP contribution in [0.15, 0.2) is 30.3 Å². The summed E-state index contributed by atoms with van der Waals surface area (Å²) in [6, 6.07) is 9.89. The Hall–Kier alpha value is -2.01. The van der Waals surface area contributed by atoms with Gasteiger partial charge in [0, 0.05) is 10.4 Å². The highest BCUT2D eigenvalue weighted by molar-refractivity contribution is 7.16. The zero-order valence-corrected chi connectivity index (χ0v) is 13.8. The molecule has 1 aromatic heterocycles. The Morgan fingerprint density at radius 2 is 1.65 bits per heavy atom. The summed E-state index contributed by atoms with van der Waals surface area (Å²) in [5.41, 5.74) is 1.88. The van der Waals surface area contributed by atoms with Crippen LogP contribution in [-0.2, 0) is 9.59 Å². The first kappa shape index (κ1) is 14.6. The van der Waals surface area contributed by atoms with Gasteiger partial charge in [0.2, 0.25) is 11.8 Å². The Morgan fingerprint density at radius 1 is 1.04 bits per heavy atom. The van der Waals surface area contributed by atoms with Crippen LogP contribution in [0.4, 0.5) is 5.13 Å². The van der Waals surface area contributed by atoms with Crippen molar-refractivity contribution in [2.45, 2.75) is 32.6 Å². The molecule has 1 aliphatic carbocycles. The van der Waals surface area contributed by atoms with Gasteiger partial charge >= 0.3 is 0 Å². The van der Waals surface area contributed by atoms with Gasteiger partial charge in [0.25, 0.3) is 0 Å². The number of aryl methyl sites for hydroxylation is 1. The van der Waals surface area contributed by atoms with Gasteiger partial charge in [-0.05, 0) is 19.8 Å². The fourth-order valence-electron chi connectivity index (χ4n) is 3.69. The summed E-state index contributed by atoms with van der Waals surface area (Å²) in [6.07, 6.45) is 3.75. The Morgan fingerprint density at radius 3 is 2.26 bits per heavy atom. The molecule has 2 atom stereocenters. The highest BCUT2D eigenvalue weighted by atomic mass is 32.1. The minimum atomic E-state index is -0.124. The minimum absolute atomic E-state index is 0.0481. The number of aromatic nitrogens is 1. The fraction of sp³-hybridized carbons (Fsp3) is 0.389. The fourth-order valence-corrected chi connectivity index (χ4v) is 4.63. The summed E-state index contributed by atoms with van der Waals surface area (Å²) >= 11 is 1.43. The SMILES string of the molecule is Cc1sc(N2C(=O)C3CCCCC3C2=O)nc1-c1ccccc1. The van der Waals surface area contributed by atoms with Crippen molar-refractivity contribution >= 4 is 28.3 Å². The van der Waals surface area contributed by atoms with Crippen molar-refractivity contribution < 1.29 is 9.59 Å². The molecule has 0 radical (unpaired) electrons. The maximum Gasteiger partial charge on any atom is 0.239 e. The molecule has 0 bridgehead atoms. The molecule has 2 fully saturated rings. The van der Waals surface area contributed by atoms with Gasteiger partial charge in [-0.1, -0.05) is 43.2 Å². The van der Waals surface area contributed by atoms with E-state index >= 15 is 0 Å². The number of hydrogen-bond donors (Lipinski definition) is 0. The predicted molar refractivity (Wildman–Crippen MR) is 90.2 cm³/mol. The summed E-state index contributed by atoms with van der Waals surface area (Å²) < 4.78 is 0. The topological polar surface area (TPSA) is 50.3 Å². The molecule has 2 aromatic rings. The summed E-state index contributed by atoms with van der Waals surface area (Å²) in [4.78, 5) is 32.4. The van der Waals surface area contributed by atoms with Gasteiger partial charge in [0.1, 0.15) is 0 Å². The molecule has 0 N–H and O–H groups in total. The Kier molecular flexibility index (Phi) is 3.53. The van der Waals surface area contributed by atoms with Crippen LogP contribution in [-0.4, -0.2) is 16.8 Å². The maximum absolute atomic E-state index is 12.7. The lowest BCUT2D eigenvalue weighted by atomic mass is 9.81. The first-order valence-corrected chi connectivity index (χ1v) is 8.89. The number of thiazole rings is 1. The van der Waals surface area contributed by atoms with E-state index in [0.717, 1.165) is 41.8 Å². The molecule has 1 saturated carbocycles. The van der Waals surface area contributed by atoms with Crippen molar-refractivity contribution in [3.05, 3.63) is 35.2 Å². The van der Waals surface area contributed by atoms with Crippen molar-refractivity contribution in [3.63, 3.8) is 0 Å². The third-order valence-electron chi connectivity index (χ3n) is 4.86. The van der Waals surface area contributed by atoms with Crippen molar-refractivity contribution in [2.75, 3.05) is 4.90 Å². The zero-order chi connectivity index (χ0) is 16.0. The van der Waals surface area contributed by atoms with Gasteiger partial charge in [0.15, 0.2) is 5.13 Å². The number of carbonyl (C=O) groups excluding carboxylic acids is 2. The summed E-state index contributed by atoms with van der Waals surface area (Å²) in [6.45, 7) is 1.99. The molecule has 1 aliphatic heterocycles. The second-order valence-corrected chi connectivity index (χ2v) is 7.46. The smallest absolute Gasteiger partial charge is 0.239 e. The van der Waals surface area contributed by atoms with Crippen LogP contribution in [0.2, 0.25) is 0 Å². The van der Waals surface area contributed by atoms with Gasteiger partial charge in [-0.2, -0.15) is 0 Å². The number of hydrogen-bond acceptors (Lipinski definition) is 4. The molecule has 4 rings (SSSR count). The highest BCUT2D eigenvalue weighted by Crippen LogP contribution is 2.42. The van der Waals surface area contributed by atoms with E-state index in [4.69, 9.17) is 0 Å². The second kappa shape index (κ2) is 5.57. The van der Waals surface area contributed by atoms with Crippen LogP contribution in [0.25, 0.3) is 11.3 Å². The molecule has 0 spiro atoms. The average Bonchev–Trinajstić information content (AvgIpc) is 3.07. The van der Waals surface area contributed by atoms with Crippen LogP contribution in [0.3, 0.4) is 0 Å². The molecule has 2 aliphatic rings. The van der Waals surface area contributed by atoms with E-state index in [1.165, 1.54) is 16.2 Å². The van der Waals surface area contributed by atoms with Crippen LogP contribution >= 0.6 is 11.3 Å². The number of fused-ring (bicyclic) bond motifs is 1. The van der Waals surface area contributed by atoms with E-state index in [1.807, 2.05) is 37.3 Å². The summed E-state index contributed by atoms with van der Waals surface area (Å²) in [5, 5.41) is 0.533. The predicted octanol–water partition coefficient (Wildman–Crippen LogP) is 3.80. The Labute approximate surface area is 139 Å². The van der Waals surface area contributed by atoms with Crippen molar-refractivity contribution in [1.82, 2.24) is 4.98 Å². The molecule has 2 unspecified atom stereocenters. The largest absolute Gasteiger partial charge is 0.274 e. The standard InChI is InChI=1S/C18H18N2O2S/c1-11-15(12-7-3-2-4-8-12)19-18(23-11)20-16(21)13-9-5-6-10-14(13)17(20)22/h2-4,7-8,13-14H,5-6,9-10H2,1H3. The van der Waals surface area contributed by atoms with Crippen molar-refractivity contribution in [1.29, 1.82) is 0 Å².